The van der Waals surface area contributed by atoms with Crippen molar-refractivity contribution in [3.63, 3.8) is 0 Å². The standard InChI is InChI=1S/C14H11Cl2N3O4S/c1-22-10-4-7(15)3-9(16)8(10)6-17-19-14-18-13(21)11(24-14)5-12(20)23-2/h3-6H,1-2H3,(H,18,19,21)/b11-5+,17-6?. The van der Waals surface area contributed by atoms with Crippen LogP contribution in [0.15, 0.2) is 33.3 Å². The topological polar surface area (TPSA) is 89.3 Å². The number of amides is 1. The van der Waals surface area contributed by atoms with Crippen molar-refractivity contribution in [3.05, 3.63) is 38.7 Å². The molecule has 1 fully saturated rings. The fraction of sp³-hybridized carbons (Fsp3) is 0.143. The molecule has 0 saturated carbocycles. The number of carbonyl (C=O) groups is 2. The highest BCUT2D eigenvalue weighted by Crippen LogP contribution is 2.29. The van der Waals surface area contributed by atoms with Crippen LogP contribution in [0.1, 0.15) is 5.56 Å². The SMILES string of the molecule is COC(=O)/C=C1/S/C(=N\N=Cc2c(Cl)cc(Cl)cc2OC)NC1=O. The lowest BCUT2D eigenvalue weighted by atomic mass is 10.2. The van der Waals surface area contributed by atoms with Gasteiger partial charge in [-0.1, -0.05) is 23.2 Å². The molecule has 0 aliphatic carbocycles. The zero-order chi connectivity index (χ0) is 17.7. The second-order valence-corrected chi connectivity index (χ2v) is 6.12. The summed E-state index contributed by atoms with van der Waals surface area (Å²) in [5, 5.41) is 11.2. The van der Waals surface area contributed by atoms with E-state index in [4.69, 9.17) is 27.9 Å². The maximum atomic E-state index is 11.7. The number of nitrogens with zero attached hydrogens (tertiary/aromatic N) is 2. The number of nitrogens with one attached hydrogen (secondary N) is 1. The first-order valence-corrected chi connectivity index (χ1v) is 7.94. The van der Waals surface area contributed by atoms with Crippen LogP contribution in [-0.4, -0.2) is 37.5 Å². The van der Waals surface area contributed by atoms with E-state index in [1.54, 1.807) is 12.1 Å². The highest BCUT2D eigenvalue weighted by molar-refractivity contribution is 8.18. The van der Waals surface area contributed by atoms with E-state index in [1.165, 1.54) is 20.4 Å². The van der Waals surface area contributed by atoms with Crippen molar-refractivity contribution < 1.29 is 19.1 Å². The van der Waals surface area contributed by atoms with E-state index < -0.39 is 11.9 Å². The third-order valence-corrected chi connectivity index (χ3v) is 4.14. The average Bonchev–Trinajstić information content (AvgIpc) is 2.88. The molecule has 1 N–H and O–H groups in total. The van der Waals surface area contributed by atoms with E-state index in [9.17, 15) is 9.59 Å². The van der Waals surface area contributed by atoms with Crippen LogP contribution in [0.5, 0.6) is 5.75 Å². The first-order chi connectivity index (χ1) is 11.4. The van der Waals surface area contributed by atoms with Gasteiger partial charge in [0.05, 0.1) is 35.9 Å². The zero-order valence-corrected chi connectivity index (χ0v) is 14.8. The molecule has 0 spiro atoms. The molecule has 2 rings (SSSR count). The van der Waals surface area contributed by atoms with Crippen LogP contribution in [0.3, 0.4) is 0 Å². The quantitative estimate of drug-likeness (QED) is 0.371. The number of rotatable bonds is 4. The molecule has 24 heavy (non-hydrogen) atoms. The molecular weight excluding hydrogens is 377 g/mol. The predicted octanol–water partition coefficient (Wildman–Crippen LogP) is 2.61. The monoisotopic (exact) mass is 387 g/mol. The lowest BCUT2D eigenvalue weighted by Gasteiger charge is -2.06. The van der Waals surface area contributed by atoms with Crippen LogP contribution in [0.4, 0.5) is 0 Å². The van der Waals surface area contributed by atoms with Gasteiger partial charge in [0.2, 0.25) is 0 Å². The van der Waals surface area contributed by atoms with Gasteiger partial charge >= 0.3 is 5.97 Å². The first-order valence-electron chi connectivity index (χ1n) is 6.37. The average molecular weight is 388 g/mol. The van der Waals surface area contributed by atoms with Crippen molar-refractivity contribution in [3.8, 4) is 5.75 Å². The minimum absolute atomic E-state index is 0.165. The van der Waals surface area contributed by atoms with Gasteiger partial charge in [-0.25, -0.2) is 4.79 Å². The molecule has 1 aromatic carbocycles. The summed E-state index contributed by atoms with van der Waals surface area (Å²) in [6, 6.07) is 3.13. The second-order valence-electron chi connectivity index (χ2n) is 4.24. The normalized spacial score (nSPS) is 17.6. The minimum atomic E-state index is -0.630. The molecule has 126 valence electrons. The number of hydrogen-bond acceptors (Lipinski definition) is 7. The Balaban J connectivity index is 2.18. The maximum absolute atomic E-state index is 11.7. The second kappa shape index (κ2) is 8.18. The Kier molecular flexibility index (Phi) is 6.24. The molecular formula is C14H11Cl2N3O4S. The third kappa shape index (κ3) is 4.50. The number of carbonyl (C=O) groups excluding carboxylic acids is 2. The Hall–Kier alpha value is -2.03. The summed E-state index contributed by atoms with van der Waals surface area (Å²) in [7, 11) is 2.70. The largest absolute Gasteiger partial charge is 0.496 e. The molecule has 1 saturated heterocycles. The molecule has 1 aliphatic rings. The first kappa shape index (κ1) is 18.3. The lowest BCUT2D eigenvalue weighted by Crippen LogP contribution is -2.19. The zero-order valence-electron chi connectivity index (χ0n) is 12.5. The van der Waals surface area contributed by atoms with Crippen molar-refractivity contribution in [1.29, 1.82) is 0 Å². The summed E-state index contributed by atoms with van der Waals surface area (Å²) in [6.45, 7) is 0. The number of ether oxygens (including phenoxy) is 2. The summed E-state index contributed by atoms with van der Waals surface area (Å²) < 4.78 is 9.64. The van der Waals surface area contributed by atoms with Crippen LogP contribution < -0.4 is 10.1 Å². The number of halogens is 2. The Morgan fingerprint density at radius 2 is 2.08 bits per heavy atom. The number of hydrogen-bond donors (Lipinski definition) is 1. The van der Waals surface area contributed by atoms with E-state index in [0.717, 1.165) is 17.8 Å². The molecule has 0 radical (unpaired) electrons. The van der Waals surface area contributed by atoms with Gasteiger partial charge < -0.3 is 9.47 Å². The third-order valence-electron chi connectivity index (χ3n) is 2.71. The van der Waals surface area contributed by atoms with Gasteiger partial charge in [-0.05, 0) is 23.9 Å². The molecule has 1 aliphatic heterocycles. The number of esters is 1. The molecule has 0 bridgehead atoms. The van der Waals surface area contributed by atoms with E-state index in [1.807, 2.05) is 0 Å². The van der Waals surface area contributed by atoms with Gasteiger partial charge in [0, 0.05) is 11.1 Å². The maximum Gasteiger partial charge on any atom is 0.331 e. The van der Waals surface area contributed by atoms with Crippen molar-refractivity contribution in [1.82, 2.24) is 5.32 Å². The summed E-state index contributed by atoms with van der Waals surface area (Å²) in [4.78, 5) is 23.0. The van der Waals surface area contributed by atoms with E-state index in [2.05, 4.69) is 20.3 Å². The molecule has 10 heteroatoms. The highest BCUT2D eigenvalue weighted by Gasteiger charge is 2.25. The Bertz CT molecular complexity index is 778. The Morgan fingerprint density at radius 3 is 2.75 bits per heavy atom. The predicted molar refractivity (Wildman–Crippen MR) is 93.9 cm³/mol. The van der Waals surface area contributed by atoms with E-state index in [0.29, 0.717) is 21.4 Å². The Labute approximate surface area is 151 Å². The van der Waals surface area contributed by atoms with E-state index in [-0.39, 0.29) is 10.1 Å². The Morgan fingerprint density at radius 1 is 1.33 bits per heavy atom. The van der Waals surface area contributed by atoms with Gasteiger partial charge in [0.25, 0.3) is 5.91 Å². The molecule has 7 nitrogen and oxygen atoms in total. The number of benzene rings is 1. The molecule has 0 unspecified atom stereocenters. The van der Waals surface area contributed by atoms with Gasteiger partial charge in [0.15, 0.2) is 5.17 Å². The van der Waals surface area contributed by atoms with Crippen LogP contribution >= 0.6 is 35.0 Å². The summed E-state index contributed by atoms with van der Waals surface area (Å²) >= 11 is 12.9. The van der Waals surface area contributed by atoms with Crippen molar-refractivity contribution >= 4 is 58.2 Å². The number of amidine groups is 1. The minimum Gasteiger partial charge on any atom is -0.496 e. The fourth-order valence-corrected chi connectivity index (χ4v) is 2.90. The summed E-state index contributed by atoms with van der Waals surface area (Å²) in [5.74, 6) is -0.651. The highest BCUT2D eigenvalue weighted by atomic mass is 35.5. The molecule has 0 atom stereocenters. The van der Waals surface area contributed by atoms with E-state index >= 15 is 0 Å². The van der Waals surface area contributed by atoms with Gasteiger partial charge in [0.1, 0.15) is 5.75 Å². The lowest BCUT2D eigenvalue weighted by molar-refractivity contribution is -0.135. The van der Waals surface area contributed by atoms with Crippen LogP contribution in [0.2, 0.25) is 10.0 Å². The molecule has 1 amide bonds. The van der Waals surface area contributed by atoms with Crippen LogP contribution in [0, 0.1) is 0 Å². The van der Waals surface area contributed by atoms with Crippen molar-refractivity contribution in [2.45, 2.75) is 0 Å². The number of thioether (sulfide) groups is 1. The van der Waals surface area contributed by atoms with Gasteiger partial charge in [-0.3, -0.25) is 10.1 Å². The van der Waals surface area contributed by atoms with Crippen molar-refractivity contribution in [2.75, 3.05) is 14.2 Å². The summed E-state index contributed by atoms with van der Waals surface area (Å²) in [5.41, 5.74) is 0.493. The fourth-order valence-electron chi connectivity index (χ4n) is 1.64. The summed E-state index contributed by atoms with van der Waals surface area (Å²) in [6.07, 6.45) is 2.45. The molecule has 1 aromatic rings. The number of methoxy groups -OCH3 is 2. The molecule has 1 heterocycles. The van der Waals surface area contributed by atoms with Gasteiger partial charge in [-0.15, -0.1) is 5.10 Å². The van der Waals surface area contributed by atoms with Gasteiger partial charge in [-0.2, -0.15) is 5.10 Å². The molecule has 0 aromatic heterocycles. The van der Waals surface area contributed by atoms with Crippen LogP contribution in [0.25, 0.3) is 0 Å². The van der Waals surface area contributed by atoms with Crippen molar-refractivity contribution in [2.24, 2.45) is 10.2 Å². The smallest absolute Gasteiger partial charge is 0.331 e. The van der Waals surface area contributed by atoms with Crippen LogP contribution in [-0.2, 0) is 14.3 Å².